The predicted molar refractivity (Wildman–Crippen MR) is 49.8 cm³/mol. The summed E-state index contributed by atoms with van der Waals surface area (Å²) in [4.78, 5) is 10.6. The van der Waals surface area contributed by atoms with Crippen molar-refractivity contribution >= 4 is 15.9 Å². The molecule has 0 aliphatic carbocycles. The van der Waals surface area contributed by atoms with Gasteiger partial charge in [-0.25, -0.2) is 9.78 Å². The van der Waals surface area contributed by atoms with Crippen LogP contribution in [0.25, 0.3) is 0 Å². The van der Waals surface area contributed by atoms with Gasteiger partial charge in [0, 0.05) is 4.83 Å². The van der Waals surface area contributed by atoms with Gasteiger partial charge in [-0.05, 0) is 27.7 Å². The zero-order chi connectivity index (χ0) is 9.07. The lowest BCUT2D eigenvalue weighted by Crippen LogP contribution is -2.26. The first-order valence-corrected chi connectivity index (χ1v) is 4.73. The Balaban J connectivity index is 3.54. The summed E-state index contributed by atoms with van der Waals surface area (Å²) >= 11 is 3.40. The molecule has 0 rings (SSSR count). The Morgan fingerprint density at radius 2 is 1.64 bits per heavy atom. The van der Waals surface area contributed by atoms with E-state index in [1.807, 2.05) is 34.6 Å². The maximum atomic E-state index is 5.12. The second kappa shape index (κ2) is 4.43. The molecule has 0 amide bonds. The van der Waals surface area contributed by atoms with Crippen LogP contribution in [0.2, 0.25) is 0 Å². The molecule has 0 bridgehead atoms. The summed E-state index contributed by atoms with van der Waals surface area (Å²) in [6, 6.07) is 0. The number of hydrogen-bond donors (Lipinski definition) is 0. The average molecular weight is 225 g/mol. The smallest absolute Gasteiger partial charge is 0.102 e. The summed E-state index contributed by atoms with van der Waals surface area (Å²) in [5.74, 6) is 0. The molecule has 0 aromatic rings. The number of alkyl halides is 1. The van der Waals surface area contributed by atoms with Gasteiger partial charge in [-0.3, -0.25) is 0 Å². The van der Waals surface area contributed by atoms with Crippen molar-refractivity contribution in [1.29, 1.82) is 0 Å². The lowest BCUT2D eigenvalue weighted by atomic mass is 10.2. The Hall–Kier alpha value is 0.400. The maximum Gasteiger partial charge on any atom is 0.102 e. The largest absolute Gasteiger partial charge is 0.232 e. The predicted octanol–water partition coefficient (Wildman–Crippen LogP) is 2.91. The molecule has 0 N–H and O–H groups in total. The third-order valence-corrected chi connectivity index (χ3v) is 1.84. The summed E-state index contributed by atoms with van der Waals surface area (Å²) < 4.78 is 0. The molecule has 3 heteroatoms. The average Bonchev–Trinajstić information content (AvgIpc) is 1.80. The van der Waals surface area contributed by atoms with E-state index in [9.17, 15) is 0 Å². The Morgan fingerprint density at radius 3 is 1.91 bits per heavy atom. The van der Waals surface area contributed by atoms with Crippen LogP contribution in [-0.2, 0) is 9.78 Å². The third-order valence-electron chi connectivity index (χ3n) is 1.10. The van der Waals surface area contributed by atoms with Crippen LogP contribution in [-0.4, -0.2) is 16.5 Å². The van der Waals surface area contributed by atoms with E-state index in [1.165, 1.54) is 0 Å². The quantitative estimate of drug-likeness (QED) is 0.417. The summed E-state index contributed by atoms with van der Waals surface area (Å²) in [5.41, 5.74) is -0.226. The summed E-state index contributed by atoms with van der Waals surface area (Å²) in [6.07, 6.45) is 0.0780. The van der Waals surface area contributed by atoms with Crippen LogP contribution in [0.3, 0.4) is 0 Å². The topological polar surface area (TPSA) is 18.5 Å². The normalized spacial score (nSPS) is 18.0. The molecule has 11 heavy (non-hydrogen) atoms. The first kappa shape index (κ1) is 11.4. The molecule has 0 aromatic carbocycles. The molecule has 0 fully saturated rings. The highest BCUT2D eigenvalue weighted by Gasteiger charge is 2.16. The van der Waals surface area contributed by atoms with Gasteiger partial charge in [0.25, 0.3) is 0 Å². The fraction of sp³-hybridized carbons (Fsp3) is 1.00. The minimum Gasteiger partial charge on any atom is -0.232 e. The van der Waals surface area contributed by atoms with E-state index in [0.717, 1.165) is 0 Å². The van der Waals surface area contributed by atoms with Crippen LogP contribution < -0.4 is 0 Å². The van der Waals surface area contributed by atoms with E-state index in [-0.39, 0.29) is 11.7 Å². The number of halogens is 1. The van der Waals surface area contributed by atoms with E-state index < -0.39 is 0 Å². The molecule has 2 atom stereocenters. The molecule has 68 valence electrons. The summed E-state index contributed by atoms with van der Waals surface area (Å²) in [6.45, 7) is 9.86. The Kier molecular flexibility index (Phi) is 4.59. The second-order valence-corrected chi connectivity index (χ2v) is 5.12. The van der Waals surface area contributed by atoms with E-state index in [0.29, 0.717) is 4.83 Å². The van der Waals surface area contributed by atoms with Gasteiger partial charge in [-0.1, -0.05) is 22.9 Å². The molecule has 0 spiro atoms. The lowest BCUT2D eigenvalue weighted by Gasteiger charge is -2.22. The van der Waals surface area contributed by atoms with Gasteiger partial charge < -0.3 is 0 Å². The van der Waals surface area contributed by atoms with Gasteiger partial charge in [-0.2, -0.15) is 0 Å². The second-order valence-electron chi connectivity index (χ2n) is 3.67. The molecular weight excluding hydrogens is 208 g/mol. The van der Waals surface area contributed by atoms with Gasteiger partial charge >= 0.3 is 0 Å². The van der Waals surface area contributed by atoms with Crippen molar-refractivity contribution in [3.63, 3.8) is 0 Å². The SMILES string of the molecule is CC(Br)C(C)OOC(C)(C)C. The van der Waals surface area contributed by atoms with E-state index in [1.54, 1.807) is 0 Å². The highest BCUT2D eigenvalue weighted by Crippen LogP contribution is 2.13. The van der Waals surface area contributed by atoms with Gasteiger partial charge in [0.15, 0.2) is 0 Å². The molecule has 0 aliphatic heterocycles. The van der Waals surface area contributed by atoms with Crippen LogP contribution in [0, 0.1) is 0 Å². The molecule has 0 heterocycles. The van der Waals surface area contributed by atoms with E-state index >= 15 is 0 Å². The van der Waals surface area contributed by atoms with Crippen molar-refractivity contribution in [2.75, 3.05) is 0 Å². The Labute approximate surface area is 77.3 Å². The van der Waals surface area contributed by atoms with Crippen molar-refractivity contribution in [3.05, 3.63) is 0 Å². The zero-order valence-electron chi connectivity index (χ0n) is 7.85. The van der Waals surface area contributed by atoms with Crippen LogP contribution in [0.1, 0.15) is 34.6 Å². The zero-order valence-corrected chi connectivity index (χ0v) is 9.44. The molecule has 2 unspecified atom stereocenters. The number of rotatable bonds is 3. The van der Waals surface area contributed by atoms with Gasteiger partial charge in [0.1, 0.15) is 6.10 Å². The molecule has 0 radical (unpaired) electrons. The van der Waals surface area contributed by atoms with Crippen LogP contribution >= 0.6 is 15.9 Å². The molecule has 0 aliphatic rings. The van der Waals surface area contributed by atoms with Crippen molar-refractivity contribution < 1.29 is 9.78 Å². The fourth-order valence-corrected chi connectivity index (χ4v) is 0.385. The van der Waals surface area contributed by atoms with Crippen molar-refractivity contribution in [2.24, 2.45) is 0 Å². The van der Waals surface area contributed by atoms with Crippen LogP contribution in [0.5, 0.6) is 0 Å². The van der Waals surface area contributed by atoms with E-state index in [4.69, 9.17) is 9.78 Å². The standard InChI is InChI=1S/C8H17BrO2/c1-6(9)7(2)10-11-8(3,4)5/h6-7H,1-5H3. The van der Waals surface area contributed by atoms with E-state index in [2.05, 4.69) is 15.9 Å². The van der Waals surface area contributed by atoms with Gasteiger partial charge in [0.05, 0.1) is 5.60 Å². The summed E-state index contributed by atoms with van der Waals surface area (Å²) in [5, 5.41) is 0. The Morgan fingerprint density at radius 1 is 1.18 bits per heavy atom. The molecule has 0 saturated heterocycles. The van der Waals surface area contributed by atoms with Gasteiger partial charge in [0.2, 0.25) is 0 Å². The molecule has 0 saturated carbocycles. The first-order valence-electron chi connectivity index (χ1n) is 3.81. The Bertz CT molecular complexity index is 107. The number of hydrogen-bond acceptors (Lipinski definition) is 2. The molecule has 0 aromatic heterocycles. The van der Waals surface area contributed by atoms with Crippen LogP contribution in [0.4, 0.5) is 0 Å². The maximum absolute atomic E-state index is 5.12. The fourth-order valence-electron chi connectivity index (χ4n) is 0.297. The molecular formula is C8H17BrO2. The van der Waals surface area contributed by atoms with Gasteiger partial charge in [-0.15, -0.1) is 0 Å². The van der Waals surface area contributed by atoms with Crippen molar-refractivity contribution in [3.8, 4) is 0 Å². The minimum absolute atomic E-state index is 0.0780. The van der Waals surface area contributed by atoms with Crippen molar-refractivity contribution in [2.45, 2.75) is 51.2 Å². The first-order chi connectivity index (χ1) is 4.83. The highest BCUT2D eigenvalue weighted by atomic mass is 79.9. The molecule has 2 nitrogen and oxygen atoms in total. The monoisotopic (exact) mass is 224 g/mol. The highest BCUT2D eigenvalue weighted by molar-refractivity contribution is 9.09. The third kappa shape index (κ3) is 6.78. The summed E-state index contributed by atoms with van der Waals surface area (Å²) in [7, 11) is 0. The lowest BCUT2D eigenvalue weighted by molar-refractivity contribution is -0.369. The van der Waals surface area contributed by atoms with Crippen LogP contribution in [0.15, 0.2) is 0 Å². The minimum atomic E-state index is -0.226. The van der Waals surface area contributed by atoms with Crippen molar-refractivity contribution in [1.82, 2.24) is 0 Å².